The molecule has 0 radical (unpaired) electrons. The van der Waals surface area contributed by atoms with E-state index >= 15 is 0 Å². The van der Waals surface area contributed by atoms with E-state index in [0.717, 1.165) is 12.8 Å². The van der Waals surface area contributed by atoms with Gasteiger partial charge in [-0.1, -0.05) is 70.4 Å². The maximum absolute atomic E-state index is 12.6. The van der Waals surface area contributed by atoms with E-state index in [1.807, 2.05) is 0 Å². The number of rotatable bonds is 27. The van der Waals surface area contributed by atoms with Crippen molar-refractivity contribution in [1.29, 1.82) is 0 Å². The van der Waals surface area contributed by atoms with Crippen LogP contribution >= 0.6 is 0 Å². The van der Waals surface area contributed by atoms with Gasteiger partial charge in [0.1, 0.15) is 5.75 Å². The number of halogens is 3. The van der Waals surface area contributed by atoms with Crippen LogP contribution in [0.4, 0.5) is 35.9 Å². The quantitative estimate of drug-likeness (QED) is 0.0109. The second-order valence-electron chi connectivity index (χ2n) is 15.8. The summed E-state index contributed by atoms with van der Waals surface area (Å²) in [6, 6.07) is 20.1. The standard InChI is InChI=1S/C33H35F3N2O8.C18H30N2O2/c1-42-29-20-23(9-12-28(29)43-15-3-2-14-33(34,35)36)32(41)46-27-10-6-22(7-11-27)8-13-30(39)44-16-4-5-17-45-31(40)24-18-25(37)21-26(38)19-24;1-2-3-4-5-6-7-8-9-10-11-22-18(21)15-12-16(19)14-17(20)13-15/h6-13,18-21H,2-5,14-17,37-38H2,1H3;12-14H,2-11,19-20H2,1H3. The fourth-order valence-electron chi connectivity index (χ4n) is 6.42. The summed E-state index contributed by atoms with van der Waals surface area (Å²) in [6.07, 6.45) is 10.0. The van der Waals surface area contributed by atoms with Gasteiger partial charge >= 0.3 is 30.1 Å². The van der Waals surface area contributed by atoms with Crippen molar-refractivity contribution in [2.45, 2.75) is 103 Å². The van der Waals surface area contributed by atoms with E-state index in [1.54, 1.807) is 48.5 Å². The summed E-state index contributed by atoms with van der Waals surface area (Å²) in [6.45, 7) is 3.04. The smallest absolute Gasteiger partial charge is 0.389 e. The summed E-state index contributed by atoms with van der Waals surface area (Å²) in [7, 11) is 1.38. The van der Waals surface area contributed by atoms with E-state index in [4.69, 9.17) is 51.4 Å². The first-order chi connectivity index (χ1) is 32.6. The molecule has 0 heterocycles. The minimum atomic E-state index is -4.20. The third-order valence-electron chi connectivity index (χ3n) is 9.94. The van der Waals surface area contributed by atoms with Gasteiger partial charge in [-0.15, -0.1) is 0 Å². The number of anilines is 4. The Morgan fingerprint density at radius 2 is 1.01 bits per heavy atom. The highest BCUT2D eigenvalue weighted by Crippen LogP contribution is 2.30. The highest BCUT2D eigenvalue weighted by molar-refractivity contribution is 5.93. The number of ether oxygens (including phenoxy) is 6. The molecule has 0 aromatic heterocycles. The molecule has 4 aromatic carbocycles. The van der Waals surface area contributed by atoms with Crippen LogP contribution in [0.25, 0.3) is 6.08 Å². The average molecular weight is 951 g/mol. The Labute approximate surface area is 396 Å². The lowest BCUT2D eigenvalue weighted by atomic mass is 10.1. The van der Waals surface area contributed by atoms with Crippen molar-refractivity contribution in [3.63, 3.8) is 0 Å². The lowest BCUT2D eigenvalue weighted by Crippen LogP contribution is -2.10. The molecule has 0 unspecified atom stereocenters. The number of unbranched alkanes of at least 4 members (excludes halogenated alkanes) is 10. The maximum atomic E-state index is 12.6. The largest absolute Gasteiger partial charge is 0.493 e. The highest BCUT2D eigenvalue weighted by Gasteiger charge is 2.26. The zero-order valence-electron chi connectivity index (χ0n) is 38.9. The molecule has 4 aromatic rings. The third kappa shape index (κ3) is 23.0. The van der Waals surface area contributed by atoms with Crippen LogP contribution in [0.3, 0.4) is 0 Å². The number of carbonyl (C=O) groups is 4. The number of benzene rings is 4. The molecular formula is C51H65F3N4O10. The van der Waals surface area contributed by atoms with E-state index in [1.165, 1.54) is 94.5 Å². The van der Waals surface area contributed by atoms with Gasteiger partial charge in [0, 0.05) is 35.2 Å². The van der Waals surface area contributed by atoms with E-state index in [0.29, 0.717) is 59.1 Å². The first kappa shape index (κ1) is 55.4. The van der Waals surface area contributed by atoms with Crippen molar-refractivity contribution in [2.75, 3.05) is 56.5 Å². The first-order valence-corrected chi connectivity index (χ1v) is 22.8. The molecular weight excluding hydrogens is 886 g/mol. The van der Waals surface area contributed by atoms with Crippen molar-refractivity contribution in [2.24, 2.45) is 0 Å². The van der Waals surface area contributed by atoms with Crippen LogP contribution in [0.2, 0.25) is 0 Å². The molecule has 370 valence electrons. The molecule has 0 spiro atoms. The fourth-order valence-corrected chi connectivity index (χ4v) is 6.42. The van der Waals surface area contributed by atoms with E-state index in [-0.39, 0.29) is 61.3 Å². The number of hydrogen-bond acceptors (Lipinski definition) is 14. The number of alkyl halides is 3. The minimum absolute atomic E-state index is 0.0549. The number of hydrogen-bond donors (Lipinski definition) is 4. The fraction of sp³-hybridized carbons (Fsp3) is 0.412. The molecule has 0 fully saturated rings. The molecule has 0 saturated carbocycles. The average Bonchev–Trinajstić information content (AvgIpc) is 3.29. The van der Waals surface area contributed by atoms with Gasteiger partial charge in [0.2, 0.25) is 0 Å². The van der Waals surface area contributed by atoms with Gasteiger partial charge in [0.25, 0.3) is 0 Å². The number of esters is 4. The lowest BCUT2D eigenvalue weighted by molar-refractivity contribution is -0.138. The maximum Gasteiger partial charge on any atom is 0.389 e. The molecule has 4 rings (SSSR count). The van der Waals surface area contributed by atoms with Crippen molar-refractivity contribution >= 4 is 52.7 Å². The van der Waals surface area contributed by atoms with Gasteiger partial charge in [-0.05, 0) is 110 Å². The summed E-state index contributed by atoms with van der Waals surface area (Å²) in [4.78, 5) is 48.6. The zero-order valence-corrected chi connectivity index (χ0v) is 38.9. The van der Waals surface area contributed by atoms with Crippen LogP contribution < -0.4 is 37.1 Å². The van der Waals surface area contributed by atoms with Gasteiger partial charge < -0.3 is 51.4 Å². The van der Waals surface area contributed by atoms with Crippen molar-refractivity contribution in [1.82, 2.24) is 0 Å². The van der Waals surface area contributed by atoms with Crippen molar-refractivity contribution in [3.8, 4) is 17.2 Å². The molecule has 0 aliphatic carbocycles. The van der Waals surface area contributed by atoms with E-state index in [9.17, 15) is 32.3 Å². The summed E-state index contributed by atoms with van der Waals surface area (Å²) < 4.78 is 68.6. The Bertz CT molecular complexity index is 2180. The topological polar surface area (TPSA) is 228 Å². The Morgan fingerprint density at radius 1 is 0.529 bits per heavy atom. The first-order valence-electron chi connectivity index (χ1n) is 22.8. The van der Waals surface area contributed by atoms with Crippen LogP contribution in [-0.2, 0) is 19.0 Å². The predicted octanol–water partition coefficient (Wildman–Crippen LogP) is 10.9. The molecule has 0 aliphatic rings. The van der Waals surface area contributed by atoms with Crippen LogP contribution in [0.15, 0.2) is 84.9 Å². The predicted molar refractivity (Wildman–Crippen MR) is 257 cm³/mol. The second kappa shape index (κ2) is 30.4. The Hall–Kier alpha value is -6.91. The van der Waals surface area contributed by atoms with E-state index < -0.39 is 30.5 Å². The molecule has 14 nitrogen and oxygen atoms in total. The van der Waals surface area contributed by atoms with Crippen LogP contribution in [0, 0.1) is 0 Å². The summed E-state index contributed by atoms with van der Waals surface area (Å²) in [5, 5.41) is 0. The van der Waals surface area contributed by atoms with Crippen molar-refractivity contribution < 1.29 is 60.8 Å². The number of nitrogen functional groups attached to an aromatic ring is 4. The second-order valence-corrected chi connectivity index (χ2v) is 15.8. The summed E-state index contributed by atoms with van der Waals surface area (Å²) in [5.41, 5.74) is 25.9. The Balaban J connectivity index is 0.000000466. The molecule has 0 atom stereocenters. The normalized spacial score (nSPS) is 11.0. The molecule has 8 N–H and O–H groups in total. The summed E-state index contributed by atoms with van der Waals surface area (Å²) >= 11 is 0. The number of carbonyl (C=O) groups excluding carboxylic acids is 4. The van der Waals surface area contributed by atoms with Crippen LogP contribution in [-0.4, -0.2) is 63.6 Å². The number of nitrogens with two attached hydrogens (primary N) is 4. The minimum Gasteiger partial charge on any atom is -0.493 e. The molecule has 0 amide bonds. The zero-order chi connectivity index (χ0) is 49.7. The van der Waals surface area contributed by atoms with Gasteiger partial charge in [0.15, 0.2) is 11.5 Å². The molecule has 0 bridgehead atoms. The van der Waals surface area contributed by atoms with Crippen molar-refractivity contribution in [3.05, 3.63) is 107 Å². The molecule has 17 heteroatoms. The van der Waals surface area contributed by atoms with Gasteiger partial charge in [-0.2, -0.15) is 13.2 Å². The lowest BCUT2D eigenvalue weighted by Gasteiger charge is -2.12. The molecule has 0 saturated heterocycles. The van der Waals surface area contributed by atoms with Crippen LogP contribution in [0.1, 0.15) is 133 Å². The molecule has 0 aliphatic heterocycles. The monoisotopic (exact) mass is 950 g/mol. The van der Waals surface area contributed by atoms with Gasteiger partial charge in [0.05, 0.1) is 50.2 Å². The van der Waals surface area contributed by atoms with Gasteiger partial charge in [-0.25, -0.2) is 19.2 Å². The Kier molecular flexibility index (Phi) is 24.8. The van der Waals surface area contributed by atoms with Gasteiger partial charge in [-0.3, -0.25) is 0 Å². The molecule has 68 heavy (non-hydrogen) atoms. The number of methoxy groups -OCH3 is 1. The SMILES string of the molecule is CCCCCCCCCCCOC(=O)c1cc(N)cc(N)c1.COc1cc(C(=O)Oc2ccc(C=CC(=O)OCCCCOC(=O)c3cc(N)cc(N)c3)cc2)ccc1OCCCCC(F)(F)F. The Morgan fingerprint density at radius 3 is 1.53 bits per heavy atom. The highest BCUT2D eigenvalue weighted by atomic mass is 19.4. The third-order valence-corrected chi connectivity index (χ3v) is 9.94. The van der Waals surface area contributed by atoms with Crippen LogP contribution in [0.5, 0.6) is 17.2 Å². The van der Waals surface area contributed by atoms with E-state index in [2.05, 4.69) is 6.92 Å². The summed E-state index contributed by atoms with van der Waals surface area (Å²) in [5.74, 6) is -1.31.